The number of unbranched alkanes of at least 4 members (excludes halogenated alkanes) is 1. The van der Waals surface area contributed by atoms with E-state index in [9.17, 15) is 9.59 Å². The molecule has 0 fully saturated rings. The van der Waals surface area contributed by atoms with Crippen LogP contribution < -0.4 is 10.1 Å². The van der Waals surface area contributed by atoms with Gasteiger partial charge in [0, 0.05) is 24.5 Å². The van der Waals surface area contributed by atoms with Crippen molar-refractivity contribution in [3.05, 3.63) is 100 Å². The fourth-order valence-electron chi connectivity index (χ4n) is 3.63. The minimum Gasteiger partial charge on any atom is -0.482 e. The van der Waals surface area contributed by atoms with E-state index in [1.165, 1.54) is 0 Å². The number of benzene rings is 3. The average Bonchev–Trinajstić information content (AvgIpc) is 2.87. The van der Waals surface area contributed by atoms with Gasteiger partial charge in [-0.05, 0) is 41.8 Å². The first-order valence-electron chi connectivity index (χ1n) is 11.7. The van der Waals surface area contributed by atoms with E-state index in [1.54, 1.807) is 41.3 Å². The van der Waals surface area contributed by atoms with Gasteiger partial charge in [-0.3, -0.25) is 9.59 Å². The van der Waals surface area contributed by atoms with Gasteiger partial charge < -0.3 is 15.0 Å². The summed E-state index contributed by atoms with van der Waals surface area (Å²) in [6, 6.07) is 23.2. The highest BCUT2D eigenvalue weighted by Crippen LogP contribution is 2.23. The molecule has 0 heterocycles. The molecule has 3 aromatic carbocycles. The second-order valence-electron chi connectivity index (χ2n) is 8.22. The molecule has 5 nitrogen and oxygen atoms in total. The molecule has 0 unspecified atom stereocenters. The van der Waals surface area contributed by atoms with Crippen LogP contribution in [0.2, 0.25) is 10.0 Å². The number of hydrogen-bond donors (Lipinski definition) is 1. The van der Waals surface area contributed by atoms with Crippen molar-refractivity contribution < 1.29 is 14.3 Å². The van der Waals surface area contributed by atoms with Crippen molar-refractivity contribution >= 4 is 35.0 Å². The zero-order valence-electron chi connectivity index (χ0n) is 19.8. The molecular weight excluding hydrogens is 483 g/mol. The van der Waals surface area contributed by atoms with Crippen molar-refractivity contribution in [2.75, 3.05) is 13.2 Å². The molecule has 3 rings (SSSR count). The Morgan fingerprint density at radius 3 is 2.29 bits per heavy atom. The van der Waals surface area contributed by atoms with Crippen molar-refractivity contribution in [2.45, 2.75) is 38.8 Å². The molecule has 3 aromatic rings. The minimum atomic E-state index is -0.715. The molecule has 0 aliphatic heterocycles. The Kier molecular flexibility index (Phi) is 10.5. The van der Waals surface area contributed by atoms with Crippen LogP contribution in [0, 0.1) is 0 Å². The Labute approximate surface area is 217 Å². The maximum absolute atomic E-state index is 13.5. The van der Waals surface area contributed by atoms with Crippen molar-refractivity contribution in [2.24, 2.45) is 0 Å². The molecular formula is C28H30Cl2N2O3. The van der Waals surface area contributed by atoms with Gasteiger partial charge in [-0.2, -0.15) is 0 Å². The third-order valence-electron chi connectivity index (χ3n) is 5.55. The van der Waals surface area contributed by atoms with Gasteiger partial charge in [0.15, 0.2) is 6.61 Å². The van der Waals surface area contributed by atoms with Crippen LogP contribution in [0.15, 0.2) is 78.9 Å². The molecule has 0 spiro atoms. The SMILES string of the molecule is CCCCNC(=O)[C@H](Cc1ccccc1)N(Cc1ccc(Cl)cc1)C(=O)COc1ccccc1Cl. The van der Waals surface area contributed by atoms with E-state index >= 15 is 0 Å². The Balaban J connectivity index is 1.88. The summed E-state index contributed by atoms with van der Waals surface area (Å²) in [4.78, 5) is 28.4. The van der Waals surface area contributed by atoms with E-state index in [4.69, 9.17) is 27.9 Å². The summed E-state index contributed by atoms with van der Waals surface area (Å²) in [5, 5.41) is 4.02. The van der Waals surface area contributed by atoms with E-state index in [2.05, 4.69) is 12.2 Å². The number of carbonyl (C=O) groups is 2. The highest BCUT2D eigenvalue weighted by atomic mass is 35.5. The van der Waals surface area contributed by atoms with E-state index in [0.717, 1.165) is 24.0 Å². The van der Waals surface area contributed by atoms with E-state index in [0.29, 0.717) is 28.8 Å². The predicted molar refractivity (Wildman–Crippen MR) is 141 cm³/mol. The lowest BCUT2D eigenvalue weighted by Gasteiger charge is -2.31. The molecule has 0 aromatic heterocycles. The van der Waals surface area contributed by atoms with E-state index in [1.807, 2.05) is 42.5 Å². The minimum absolute atomic E-state index is 0.192. The van der Waals surface area contributed by atoms with Crippen LogP contribution in [0.3, 0.4) is 0 Å². The number of amides is 2. The maximum Gasteiger partial charge on any atom is 0.261 e. The van der Waals surface area contributed by atoms with Gasteiger partial charge >= 0.3 is 0 Å². The smallest absolute Gasteiger partial charge is 0.261 e. The Morgan fingerprint density at radius 1 is 0.914 bits per heavy atom. The number of nitrogens with zero attached hydrogens (tertiary/aromatic N) is 1. The molecule has 0 saturated heterocycles. The van der Waals surface area contributed by atoms with Crippen LogP contribution in [0.1, 0.15) is 30.9 Å². The number of carbonyl (C=O) groups excluding carboxylic acids is 2. The Hall–Kier alpha value is -3.02. The molecule has 0 bridgehead atoms. The average molecular weight is 513 g/mol. The topological polar surface area (TPSA) is 58.6 Å². The Bertz CT molecular complexity index is 1090. The summed E-state index contributed by atoms with van der Waals surface area (Å²) in [6.45, 7) is 2.61. The molecule has 0 aliphatic carbocycles. The molecule has 7 heteroatoms. The molecule has 184 valence electrons. The first-order valence-corrected chi connectivity index (χ1v) is 12.5. The maximum atomic E-state index is 13.5. The summed E-state index contributed by atoms with van der Waals surface area (Å²) in [7, 11) is 0. The van der Waals surface area contributed by atoms with Crippen LogP contribution in [0.4, 0.5) is 0 Å². The van der Waals surface area contributed by atoms with Crippen LogP contribution in [-0.2, 0) is 22.6 Å². The molecule has 0 radical (unpaired) electrons. The van der Waals surface area contributed by atoms with E-state index in [-0.39, 0.29) is 25.0 Å². The summed E-state index contributed by atoms with van der Waals surface area (Å²) >= 11 is 12.3. The highest BCUT2D eigenvalue weighted by molar-refractivity contribution is 6.32. The predicted octanol–water partition coefficient (Wildman–Crippen LogP) is 5.93. The molecule has 0 aliphatic rings. The summed E-state index contributed by atoms with van der Waals surface area (Å²) in [6.07, 6.45) is 2.21. The molecule has 1 N–H and O–H groups in total. The summed E-state index contributed by atoms with van der Waals surface area (Å²) in [5.74, 6) is -0.0882. The molecule has 35 heavy (non-hydrogen) atoms. The van der Waals surface area contributed by atoms with Gasteiger partial charge in [0.1, 0.15) is 11.8 Å². The number of rotatable bonds is 12. The van der Waals surface area contributed by atoms with Crippen molar-refractivity contribution in [3.8, 4) is 5.75 Å². The van der Waals surface area contributed by atoms with Gasteiger partial charge in [0.2, 0.25) is 5.91 Å². The number of hydrogen-bond acceptors (Lipinski definition) is 3. The lowest BCUT2D eigenvalue weighted by molar-refractivity contribution is -0.142. The van der Waals surface area contributed by atoms with Gasteiger partial charge in [-0.25, -0.2) is 0 Å². The third kappa shape index (κ3) is 8.30. The van der Waals surface area contributed by atoms with Gasteiger partial charge in [-0.15, -0.1) is 0 Å². The van der Waals surface area contributed by atoms with Crippen LogP contribution >= 0.6 is 23.2 Å². The summed E-state index contributed by atoms with van der Waals surface area (Å²) in [5.41, 5.74) is 1.82. The monoisotopic (exact) mass is 512 g/mol. The molecule has 0 saturated carbocycles. The first-order chi connectivity index (χ1) is 17.0. The molecule has 2 amide bonds. The Morgan fingerprint density at radius 2 is 1.60 bits per heavy atom. The highest BCUT2D eigenvalue weighted by Gasteiger charge is 2.30. The van der Waals surface area contributed by atoms with Gasteiger partial charge in [0.25, 0.3) is 5.91 Å². The van der Waals surface area contributed by atoms with Crippen LogP contribution in [-0.4, -0.2) is 35.9 Å². The third-order valence-corrected chi connectivity index (χ3v) is 6.12. The van der Waals surface area contributed by atoms with Crippen molar-refractivity contribution in [1.29, 1.82) is 0 Å². The number of para-hydroxylation sites is 1. The quantitative estimate of drug-likeness (QED) is 0.306. The fraction of sp³-hybridized carbons (Fsp3) is 0.286. The lowest BCUT2D eigenvalue weighted by Crippen LogP contribution is -2.51. The van der Waals surface area contributed by atoms with Crippen LogP contribution in [0.5, 0.6) is 5.75 Å². The largest absolute Gasteiger partial charge is 0.482 e. The normalized spacial score (nSPS) is 11.5. The zero-order valence-corrected chi connectivity index (χ0v) is 21.3. The lowest BCUT2D eigenvalue weighted by atomic mass is 10.0. The van der Waals surface area contributed by atoms with Crippen LogP contribution in [0.25, 0.3) is 0 Å². The number of ether oxygens (including phenoxy) is 1. The van der Waals surface area contributed by atoms with Crippen molar-refractivity contribution in [1.82, 2.24) is 10.2 Å². The second kappa shape index (κ2) is 13.8. The number of halogens is 2. The van der Waals surface area contributed by atoms with Gasteiger partial charge in [0.05, 0.1) is 5.02 Å². The van der Waals surface area contributed by atoms with E-state index < -0.39 is 6.04 Å². The van der Waals surface area contributed by atoms with Gasteiger partial charge in [-0.1, -0.05) is 91.1 Å². The first kappa shape index (κ1) is 26.6. The molecule has 1 atom stereocenters. The fourth-order valence-corrected chi connectivity index (χ4v) is 3.95. The summed E-state index contributed by atoms with van der Waals surface area (Å²) < 4.78 is 5.74. The standard InChI is InChI=1S/C28H30Cl2N2O3/c1-2-3-17-31-28(34)25(18-21-9-5-4-6-10-21)32(19-22-13-15-23(29)16-14-22)27(33)20-35-26-12-8-7-11-24(26)30/h4-16,25H,2-3,17-20H2,1H3,(H,31,34)/t25-/m0/s1. The zero-order chi connectivity index (χ0) is 25.0. The second-order valence-corrected chi connectivity index (χ2v) is 9.06. The number of nitrogens with one attached hydrogen (secondary N) is 1. The van der Waals surface area contributed by atoms with Crippen molar-refractivity contribution in [3.63, 3.8) is 0 Å².